The molecule has 1 aromatic carbocycles. The lowest BCUT2D eigenvalue weighted by Gasteiger charge is -2.32. The molecule has 0 saturated carbocycles. The minimum Gasteiger partial charge on any atom is -0.432 e. The first-order chi connectivity index (χ1) is 14.7. The van der Waals surface area contributed by atoms with Crippen LogP contribution in [0.2, 0.25) is 18.6 Å². The number of nitrogens with zero attached hydrogens (tertiary/aromatic N) is 1. The molecule has 7 nitrogen and oxygen atoms in total. The fourth-order valence-corrected chi connectivity index (χ4v) is 8.48. The van der Waals surface area contributed by atoms with Gasteiger partial charge in [0.2, 0.25) is 5.91 Å². The zero-order valence-corrected chi connectivity index (χ0v) is 19.7. The molecular weight excluding hydrogens is 412 g/mol. The van der Waals surface area contributed by atoms with Crippen molar-refractivity contribution in [2.45, 2.75) is 75.8 Å². The van der Waals surface area contributed by atoms with Crippen molar-refractivity contribution in [2.24, 2.45) is 5.92 Å². The molecule has 0 radical (unpaired) electrons. The summed E-state index contributed by atoms with van der Waals surface area (Å²) in [7, 11) is -2.68. The van der Waals surface area contributed by atoms with E-state index in [0.717, 1.165) is 36.9 Å². The molecule has 170 valence electrons. The van der Waals surface area contributed by atoms with Gasteiger partial charge >= 0.3 is 0 Å². The van der Waals surface area contributed by atoms with E-state index in [1.807, 2.05) is 43.1 Å². The molecule has 31 heavy (non-hydrogen) atoms. The number of fused-ring (bicyclic) bond motifs is 2. The van der Waals surface area contributed by atoms with Gasteiger partial charge in [-0.15, -0.1) is 0 Å². The van der Waals surface area contributed by atoms with Crippen molar-refractivity contribution in [3.05, 3.63) is 23.8 Å². The second-order valence-electron chi connectivity index (χ2n) is 9.77. The predicted molar refractivity (Wildman–Crippen MR) is 121 cm³/mol. The zero-order chi connectivity index (χ0) is 22.4. The number of nitrogens with one attached hydrogen (secondary N) is 1. The predicted octanol–water partition coefficient (Wildman–Crippen LogP) is 3.12. The molecule has 0 aliphatic carbocycles. The van der Waals surface area contributed by atoms with Crippen molar-refractivity contribution in [1.82, 2.24) is 0 Å². The van der Waals surface area contributed by atoms with E-state index in [1.165, 1.54) is 0 Å². The Morgan fingerprint density at radius 1 is 1.23 bits per heavy atom. The first kappa shape index (κ1) is 22.5. The third-order valence-electron chi connectivity index (χ3n) is 7.27. The molecule has 3 heterocycles. The molecular formula is C23H34N2O5Si. The maximum atomic E-state index is 13.3. The highest BCUT2D eigenvalue weighted by Crippen LogP contribution is 2.58. The van der Waals surface area contributed by atoms with Gasteiger partial charge < -0.3 is 24.9 Å². The first-order valence-corrected chi connectivity index (χ1v) is 14.5. The third kappa shape index (κ3) is 3.73. The maximum Gasteiger partial charge on any atom is 0.261 e. The van der Waals surface area contributed by atoms with Gasteiger partial charge in [-0.3, -0.25) is 9.59 Å². The summed E-state index contributed by atoms with van der Waals surface area (Å²) in [6.07, 6.45) is 4.59. The number of hydrogen-bond donors (Lipinski definition) is 3. The van der Waals surface area contributed by atoms with Crippen LogP contribution in [0.25, 0.3) is 0 Å². The Balaban J connectivity index is 1.76. The summed E-state index contributed by atoms with van der Waals surface area (Å²) < 4.78 is 6.45. The normalized spacial score (nSPS) is 31.5. The monoisotopic (exact) mass is 446 g/mol. The summed E-state index contributed by atoms with van der Waals surface area (Å²) >= 11 is 0. The van der Waals surface area contributed by atoms with Crippen molar-refractivity contribution in [2.75, 3.05) is 23.4 Å². The second kappa shape index (κ2) is 8.31. The summed E-state index contributed by atoms with van der Waals surface area (Å²) in [6.45, 7) is 6.31. The smallest absolute Gasteiger partial charge is 0.261 e. The summed E-state index contributed by atoms with van der Waals surface area (Å²) in [4.78, 5) is 38.9. The van der Waals surface area contributed by atoms with E-state index in [0.29, 0.717) is 25.1 Å². The van der Waals surface area contributed by atoms with Crippen LogP contribution in [-0.4, -0.2) is 49.3 Å². The molecule has 3 aliphatic rings. The van der Waals surface area contributed by atoms with E-state index in [-0.39, 0.29) is 29.9 Å². The quantitative estimate of drug-likeness (QED) is 0.617. The van der Waals surface area contributed by atoms with Crippen LogP contribution in [0, 0.1) is 5.92 Å². The number of aliphatic hydroxyl groups is 1. The van der Waals surface area contributed by atoms with Gasteiger partial charge in [-0.05, 0) is 50.6 Å². The van der Waals surface area contributed by atoms with Gasteiger partial charge in [0.15, 0.2) is 13.9 Å². The van der Waals surface area contributed by atoms with Gasteiger partial charge in [-0.2, -0.15) is 0 Å². The molecule has 2 saturated heterocycles. The lowest BCUT2D eigenvalue weighted by Crippen LogP contribution is -2.43. The number of carbonyl (C=O) groups excluding carboxylic acids is 2. The van der Waals surface area contributed by atoms with Crippen LogP contribution in [-0.2, 0) is 19.9 Å². The Labute approximate surface area is 184 Å². The molecule has 0 unspecified atom stereocenters. The van der Waals surface area contributed by atoms with Crippen molar-refractivity contribution in [1.29, 1.82) is 0 Å². The van der Waals surface area contributed by atoms with Gasteiger partial charge in [0.25, 0.3) is 5.91 Å². The van der Waals surface area contributed by atoms with Gasteiger partial charge in [-0.25, -0.2) is 0 Å². The molecule has 3 N–H and O–H groups in total. The summed E-state index contributed by atoms with van der Waals surface area (Å²) in [5, 5.41) is 12.6. The van der Waals surface area contributed by atoms with Crippen molar-refractivity contribution < 1.29 is 24.2 Å². The Morgan fingerprint density at radius 2 is 1.97 bits per heavy atom. The first-order valence-electron chi connectivity index (χ1n) is 11.5. The summed E-state index contributed by atoms with van der Waals surface area (Å²) in [5.74, 6) is -0.364. The highest BCUT2D eigenvalue weighted by molar-refractivity contribution is 6.71. The number of hydrogen-bond acceptors (Lipinski definition) is 5. The Kier molecular flexibility index (Phi) is 6.02. The number of benzene rings is 1. The molecule has 4 rings (SSSR count). The van der Waals surface area contributed by atoms with Crippen LogP contribution in [0.3, 0.4) is 0 Å². The molecule has 3 aliphatic heterocycles. The largest absolute Gasteiger partial charge is 0.432 e. The average molecular weight is 447 g/mol. The van der Waals surface area contributed by atoms with Crippen LogP contribution in [0.15, 0.2) is 18.2 Å². The average Bonchev–Trinajstić information content (AvgIpc) is 3.13. The number of amides is 2. The molecule has 4 atom stereocenters. The van der Waals surface area contributed by atoms with E-state index in [2.05, 4.69) is 5.32 Å². The number of ether oxygens (including phenoxy) is 1. The van der Waals surface area contributed by atoms with E-state index >= 15 is 0 Å². The lowest BCUT2D eigenvalue weighted by atomic mass is 9.82. The van der Waals surface area contributed by atoms with Crippen LogP contribution < -0.4 is 10.2 Å². The standard InChI is InChI=1S/C23H34N2O5Si/c1-15-21(31(2,3)29)19(11-13-26)30-23(15)17-14-16(9-10-18(17)24-22(23)28)25-12-7-5-4-6-8-20(25)27/h9-10,14-15,19,21,26,29H,4-8,11-13H2,1-3H3,(H,24,28)/t15-,19+,21-,23+/m1/s1. The van der Waals surface area contributed by atoms with E-state index in [4.69, 9.17) is 4.74 Å². The van der Waals surface area contributed by atoms with Crippen LogP contribution in [0.1, 0.15) is 51.0 Å². The summed E-state index contributed by atoms with van der Waals surface area (Å²) in [6, 6.07) is 5.67. The summed E-state index contributed by atoms with van der Waals surface area (Å²) in [5.41, 5.74) is 0.819. The van der Waals surface area contributed by atoms with Gasteiger partial charge in [-0.1, -0.05) is 19.8 Å². The molecule has 1 spiro atoms. The highest BCUT2D eigenvalue weighted by Gasteiger charge is 2.64. The molecule has 1 aromatic rings. The van der Waals surface area contributed by atoms with Crippen molar-refractivity contribution in [3.8, 4) is 0 Å². The van der Waals surface area contributed by atoms with Crippen molar-refractivity contribution in [3.63, 3.8) is 0 Å². The number of carbonyl (C=O) groups is 2. The maximum absolute atomic E-state index is 13.3. The Morgan fingerprint density at radius 3 is 2.68 bits per heavy atom. The molecule has 0 aromatic heterocycles. The van der Waals surface area contributed by atoms with Crippen LogP contribution >= 0.6 is 0 Å². The topological polar surface area (TPSA) is 99.1 Å². The Hall–Kier alpha value is -1.74. The van der Waals surface area contributed by atoms with E-state index in [9.17, 15) is 19.5 Å². The SMILES string of the molecule is C[C@@H]1[C@@H]([Si](C)(C)O)[C@H](CCO)O[C@@]12C(=O)Nc1ccc(N3CCCCCCC3=O)cc12. The number of rotatable bonds is 4. The fraction of sp³-hybridized carbons (Fsp3) is 0.652. The van der Waals surface area contributed by atoms with Gasteiger partial charge in [0, 0.05) is 48.0 Å². The van der Waals surface area contributed by atoms with Crippen LogP contribution in [0.4, 0.5) is 11.4 Å². The van der Waals surface area contributed by atoms with Gasteiger partial charge in [0.1, 0.15) is 0 Å². The lowest BCUT2D eigenvalue weighted by molar-refractivity contribution is -0.143. The number of anilines is 2. The number of aliphatic hydroxyl groups excluding tert-OH is 1. The third-order valence-corrected chi connectivity index (χ3v) is 9.77. The highest BCUT2D eigenvalue weighted by atomic mass is 28.4. The molecule has 8 heteroatoms. The van der Waals surface area contributed by atoms with E-state index < -0.39 is 20.0 Å². The van der Waals surface area contributed by atoms with E-state index in [1.54, 1.807) is 0 Å². The van der Waals surface area contributed by atoms with Crippen molar-refractivity contribution >= 4 is 31.5 Å². The molecule has 2 fully saturated rings. The Bertz CT molecular complexity index is 870. The zero-order valence-electron chi connectivity index (χ0n) is 18.7. The second-order valence-corrected chi connectivity index (χ2v) is 13.7. The van der Waals surface area contributed by atoms with Gasteiger partial charge in [0.05, 0.1) is 6.10 Å². The minimum absolute atomic E-state index is 0.0642. The van der Waals surface area contributed by atoms with Crippen LogP contribution in [0.5, 0.6) is 0 Å². The molecule has 2 amide bonds. The fourth-order valence-electron chi connectivity index (χ4n) is 5.88. The molecule has 0 bridgehead atoms. The minimum atomic E-state index is -2.68.